The zero-order valence-corrected chi connectivity index (χ0v) is 13.3. The fourth-order valence-electron chi connectivity index (χ4n) is 3.77. The molecule has 0 unspecified atom stereocenters. The van der Waals surface area contributed by atoms with Crippen molar-refractivity contribution in [1.82, 2.24) is 0 Å². The van der Waals surface area contributed by atoms with Gasteiger partial charge in [-0.25, -0.2) is 0 Å². The average molecular weight is 270 g/mol. The third-order valence-electron chi connectivity index (χ3n) is 5.18. The molecule has 0 heterocycles. The van der Waals surface area contributed by atoms with Crippen LogP contribution in [0.25, 0.3) is 0 Å². The standard InChI is InChI=1S/C17H34O2/c1-5-6-7-16-13(3)8-9-15(18)10-12(2)11-17(19)14(16)4/h12-19H,5-11H2,1-4H3/t12-,13-,14-,15+,16+,17+/m0/s1. The molecule has 6 atom stereocenters. The summed E-state index contributed by atoms with van der Waals surface area (Å²) in [5.74, 6) is 2.03. The van der Waals surface area contributed by atoms with Gasteiger partial charge in [-0.05, 0) is 55.8 Å². The average Bonchev–Trinajstić information content (AvgIpc) is 2.35. The van der Waals surface area contributed by atoms with Crippen LogP contribution in [0.1, 0.15) is 72.6 Å². The van der Waals surface area contributed by atoms with Gasteiger partial charge in [-0.1, -0.05) is 40.5 Å². The summed E-state index contributed by atoms with van der Waals surface area (Å²) < 4.78 is 0. The number of rotatable bonds is 3. The van der Waals surface area contributed by atoms with Gasteiger partial charge in [0.05, 0.1) is 12.2 Å². The third-order valence-corrected chi connectivity index (χ3v) is 5.18. The lowest BCUT2D eigenvalue weighted by Gasteiger charge is -2.36. The predicted molar refractivity (Wildman–Crippen MR) is 81.0 cm³/mol. The highest BCUT2D eigenvalue weighted by Crippen LogP contribution is 2.35. The van der Waals surface area contributed by atoms with Gasteiger partial charge in [0.25, 0.3) is 0 Å². The van der Waals surface area contributed by atoms with Crippen LogP contribution >= 0.6 is 0 Å². The minimum atomic E-state index is -0.204. The van der Waals surface area contributed by atoms with Crippen LogP contribution in [0.5, 0.6) is 0 Å². The summed E-state index contributed by atoms with van der Waals surface area (Å²) in [4.78, 5) is 0. The maximum absolute atomic E-state index is 10.5. The van der Waals surface area contributed by atoms with Gasteiger partial charge >= 0.3 is 0 Å². The van der Waals surface area contributed by atoms with Gasteiger partial charge in [0.15, 0.2) is 0 Å². The summed E-state index contributed by atoms with van der Waals surface area (Å²) in [6.07, 6.45) is 7.03. The van der Waals surface area contributed by atoms with Gasteiger partial charge in [-0.2, -0.15) is 0 Å². The molecular weight excluding hydrogens is 236 g/mol. The Morgan fingerprint density at radius 1 is 1.00 bits per heavy atom. The molecule has 0 aromatic rings. The van der Waals surface area contributed by atoms with Crippen LogP contribution in [-0.2, 0) is 0 Å². The van der Waals surface area contributed by atoms with Crippen LogP contribution in [0.3, 0.4) is 0 Å². The second-order valence-electron chi connectivity index (χ2n) is 7.02. The minimum absolute atomic E-state index is 0.176. The Labute approximate surface area is 119 Å². The summed E-state index contributed by atoms with van der Waals surface area (Å²) >= 11 is 0. The quantitative estimate of drug-likeness (QED) is 0.814. The lowest BCUT2D eigenvalue weighted by atomic mass is 9.72. The highest BCUT2D eigenvalue weighted by atomic mass is 16.3. The Balaban J connectivity index is 2.74. The Morgan fingerprint density at radius 2 is 1.68 bits per heavy atom. The molecule has 2 nitrogen and oxygen atoms in total. The maximum Gasteiger partial charge on any atom is 0.0571 e. The molecule has 0 bridgehead atoms. The zero-order chi connectivity index (χ0) is 14.4. The van der Waals surface area contributed by atoms with Crippen LogP contribution in [0.2, 0.25) is 0 Å². The normalized spacial score (nSPS) is 42.0. The van der Waals surface area contributed by atoms with Gasteiger partial charge in [-0.15, -0.1) is 0 Å². The Morgan fingerprint density at radius 3 is 2.32 bits per heavy atom. The van der Waals surface area contributed by atoms with Crippen LogP contribution in [-0.4, -0.2) is 22.4 Å². The van der Waals surface area contributed by atoms with Crippen molar-refractivity contribution in [2.24, 2.45) is 23.7 Å². The van der Waals surface area contributed by atoms with Crippen molar-refractivity contribution in [2.45, 2.75) is 84.8 Å². The van der Waals surface area contributed by atoms with Crippen molar-refractivity contribution in [3.63, 3.8) is 0 Å². The van der Waals surface area contributed by atoms with Crippen molar-refractivity contribution < 1.29 is 10.2 Å². The van der Waals surface area contributed by atoms with Crippen molar-refractivity contribution in [2.75, 3.05) is 0 Å². The van der Waals surface area contributed by atoms with E-state index in [1.807, 2.05) is 0 Å². The summed E-state index contributed by atoms with van der Waals surface area (Å²) in [7, 11) is 0. The largest absolute Gasteiger partial charge is 0.393 e. The molecule has 0 aliphatic heterocycles. The molecule has 0 radical (unpaired) electrons. The van der Waals surface area contributed by atoms with E-state index in [4.69, 9.17) is 0 Å². The molecule has 0 spiro atoms. The fraction of sp³-hybridized carbons (Fsp3) is 1.00. The number of unbranched alkanes of at least 4 members (excludes halogenated alkanes) is 1. The fourth-order valence-corrected chi connectivity index (χ4v) is 3.77. The molecule has 114 valence electrons. The maximum atomic E-state index is 10.5. The molecule has 2 heteroatoms. The zero-order valence-electron chi connectivity index (χ0n) is 13.3. The van der Waals surface area contributed by atoms with Gasteiger partial charge < -0.3 is 10.2 Å². The SMILES string of the molecule is CCCC[C@H]1[C@H](C)[C@H](O)C[C@@H](C)C[C@H](O)CC[C@@H]1C. The minimum Gasteiger partial charge on any atom is -0.393 e. The summed E-state index contributed by atoms with van der Waals surface area (Å²) in [5.41, 5.74) is 0. The first-order valence-electron chi connectivity index (χ1n) is 8.31. The topological polar surface area (TPSA) is 40.5 Å². The van der Waals surface area contributed by atoms with E-state index in [2.05, 4.69) is 27.7 Å². The van der Waals surface area contributed by atoms with Gasteiger partial charge in [-0.3, -0.25) is 0 Å². The van der Waals surface area contributed by atoms with E-state index < -0.39 is 0 Å². The molecule has 1 aliphatic carbocycles. The van der Waals surface area contributed by atoms with E-state index in [-0.39, 0.29) is 12.2 Å². The van der Waals surface area contributed by atoms with Crippen LogP contribution in [0, 0.1) is 23.7 Å². The summed E-state index contributed by atoms with van der Waals surface area (Å²) in [5, 5.41) is 20.5. The van der Waals surface area contributed by atoms with Gasteiger partial charge in [0, 0.05) is 0 Å². The molecule has 0 amide bonds. The first kappa shape index (κ1) is 17.0. The van der Waals surface area contributed by atoms with Crippen molar-refractivity contribution in [3.8, 4) is 0 Å². The second kappa shape index (κ2) is 8.26. The number of aliphatic hydroxyl groups is 2. The van der Waals surface area contributed by atoms with Crippen molar-refractivity contribution >= 4 is 0 Å². The monoisotopic (exact) mass is 270 g/mol. The first-order chi connectivity index (χ1) is 8.95. The van der Waals surface area contributed by atoms with Crippen molar-refractivity contribution in [3.05, 3.63) is 0 Å². The van der Waals surface area contributed by atoms with E-state index in [0.29, 0.717) is 23.7 Å². The molecule has 1 saturated carbocycles. The second-order valence-corrected chi connectivity index (χ2v) is 7.02. The summed E-state index contributed by atoms with van der Waals surface area (Å²) in [6, 6.07) is 0. The smallest absolute Gasteiger partial charge is 0.0571 e. The number of aliphatic hydroxyl groups excluding tert-OH is 2. The van der Waals surface area contributed by atoms with E-state index in [1.54, 1.807) is 0 Å². The Hall–Kier alpha value is -0.0800. The highest BCUT2D eigenvalue weighted by molar-refractivity contribution is 4.81. The van der Waals surface area contributed by atoms with Gasteiger partial charge in [0.2, 0.25) is 0 Å². The molecular formula is C17H34O2. The summed E-state index contributed by atoms with van der Waals surface area (Å²) in [6.45, 7) is 8.93. The molecule has 1 aliphatic rings. The van der Waals surface area contributed by atoms with Crippen LogP contribution in [0.15, 0.2) is 0 Å². The van der Waals surface area contributed by atoms with E-state index in [0.717, 1.165) is 25.7 Å². The highest BCUT2D eigenvalue weighted by Gasteiger charge is 2.31. The van der Waals surface area contributed by atoms with Crippen molar-refractivity contribution in [1.29, 1.82) is 0 Å². The Bertz CT molecular complexity index is 241. The molecule has 0 aromatic heterocycles. The van der Waals surface area contributed by atoms with Crippen LogP contribution < -0.4 is 0 Å². The third kappa shape index (κ3) is 5.43. The first-order valence-corrected chi connectivity index (χ1v) is 8.31. The molecule has 2 N–H and O–H groups in total. The number of hydrogen-bond acceptors (Lipinski definition) is 2. The number of hydrogen-bond donors (Lipinski definition) is 2. The van der Waals surface area contributed by atoms with E-state index >= 15 is 0 Å². The lowest BCUT2D eigenvalue weighted by molar-refractivity contribution is 0.0194. The van der Waals surface area contributed by atoms with E-state index in [9.17, 15) is 10.2 Å². The molecule has 1 rings (SSSR count). The van der Waals surface area contributed by atoms with Crippen LogP contribution in [0.4, 0.5) is 0 Å². The predicted octanol–water partition coefficient (Wildman–Crippen LogP) is 4.00. The molecule has 1 fully saturated rings. The molecule has 19 heavy (non-hydrogen) atoms. The van der Waals surface area contributed by atoms with E-state index in [1.165, 1.54) is 19.3 Å². The lowest BCUT2D eigenvalue weighted by Crippen LogP contribution is -2.33. The molecule has 0 aromatic carbocycles. The van der Waals surface area contributed by atoms with Gasteiger partial charge in [0.1, 0.15) is 0 Å². The Kier molecular flexibility index (Phi) is 7.38. The molecule has 0 saturated heterocycles.